The fourth-order valence-corrected chi connectivity index (χ4v) is 7.04. The number of benzene rings is 3. The van der Waals surface area contributed by atoms with Crippen LogP contribution in [-0.4, -0.2) is 44.4 Å². The van der Waals surface area contributed by atoms with E-state index < -0.39 is 23.8 Å². The number of hydrogen-bond acceptors (Lipinski definition) is 6. The van der Waals surface area contributed by atoms with Gasteiger partial charge in [0.15, 0.2) is 17.0 Å². The largest absolute Gasteiger partial charge is 0.494 e. The van der Waals surface area contributed by atoms with Crippen LogP contribution in [0.15, 0.2) is 95.6 Å². The second kappa shape index (κ2) is 14.3. The van der Waals surface area contributed by atoms with Gasteiger partial charge in [-0.05, 0) is 97.7 Å². The van der Waals surface area contributed by atoms with E-state index in [1.165, 1.54) is 11.1 Å². The molecule has 52 heavy (non-hydrogen) atoms. The monoisotopic (exact) mass is 707 g/mol. The number of carbonyl (C=O) groups excluding carboxylic acids is 1. The third-order valence-electron chi connectivity index (χ3n) is 9.58. The van der Waals surface area contributed by atoms with Gasteiger partial charge in [-0.25, -0.2) is 14.5 Å². The first-order valence-corrected chi connectivity index (χ1v) is 17.7. The van der Waals surface area contributed by atoms with Crippen LogP contribution in [0.5, 0.6) is 11.5 Å². The summed E-state index contributed by atoms with van der Waals surface area (Å²) in [5.41, 5.74) is 4.06. The molecule has 2 atom stereocenters. The molecule has 1 fully saturated rings. The molecule has 0 saturated heterocycles. The highest BCUT2D eigenvalue weighted by atomic mass is 19.4. The van der Waals surface area contributed by atoms with Gasteiger partial charge < -0.3 is 9.47 Å². The van der Waals surface area contributed by atoms with Crippen molar-refractivity contribution in [2.45, 2.75) is 65.1 Å². The van der Waals surface area contributed by atoms with Crippen LogP contribution >= 0.6 is 0 Å². The molecule has 2 aromatic heterocycles. The minimum absolute atomic E-state index is 0.0842. The van der Waals surface area contributed by atoms with E-state index in [4.69, 9.17) is 14.6 Å². The van der Waals surface area contributed by atoms with Crippen LogP contribution in [-0.2, 0) is 6.18 Å². The Morgan fingerprint density at radius 2 is 1.58 bits per heavy atom. The highest BCUT2D eigenvalue weighted by Crippen LogP contribution is 2.45. The molecule has 0 N–H and O–H groups in total. The van der Waals surface area contributed by atoms with Crippen LogP contribution in [0.2, 0.25) is 0 Å². The van der Waals surface area contributed by atoms with E-state index in [-0.39, 0.29) is 28.9 Å². The molecule has 268 valence electrons. The maximum atomic E-state index is 14.5. The van der Waals surface area contributed by atoms with Crippen LogP contribution in [0.1, 0.15) is 91.8 Å². The van der Waals surface area contributed by atoms with Crippen molar-refractivity contribution in [3.8, 4) is 22.8 Å². The van der Waals surface area contributed by atoms with Crippen molar-refractivity contribution >= 4 is 23.3 Å². The van der Waals surface area contributed by atoms with Gasteiger partial charge in [0.05, 0.1) is 30.7 Å². The number of allylic oxidation sites excluding steroid dienone is 1. The lowest BCUT2D eigenvalue weighted by molar-refractivity contribution is -0.142. The third kappa shape index (κ3) is 6.91. The first-order chi connectivity index (χ1) is 25.0. The quantitative estimate of drug-likeness (QED) is 0.152. The number of halogens is 3. The lowest BCUT2D eigenvalue weighted by Crippen LogP contribution is -2.32. The van der Waals surface area contributed by atoms with Crippen LogP contribution in [0, 0.1) is 5.92 Å². The number of carbonyl (C=O) groups is 1. The molecule has 3 aromatic carbocycles. The second-order valence-electron chi connectivity index (χ2n) is 13.4. The Hall–Kier alpha value is -5.45. The number of hydrogen-bond donors (Lipinski definition) is 0. The summed E-state index contributed by atoms with van der Waals surface area (Å²) in [5.74, 6) is 1.00. The Bertz CT molecular complexity index is 2140. The standard InChI is InChI=1S/C41H40F3N5O3/c1-5-51-31-18-10-26(11-19-31)22-30-8-7-9-33-38(30)47-49(39(33)29-16-20-32(21-17-29)52-6-2)40(50)35-24-37-45-34(23-36(41(42,43)44)48(37)46-35)28-14-12-27(13-15-28)25(3)4/h10-25,33,39H,5-9H2,1-4H3/b30-22+/t33-,39+/m1/s1. The highest BCUT2D eigenvalue weighted by molar-refractivity contribution is 6.09. The maximum Gasteiger partial charge on any atom is 0.433 e. The van der Waals surface area contributed by atoms with Crippen molar-refractivity contribution in [2.75, 3.05) is 13.2 Å². The van der Waals surface area contributed by atoms with Gasteiger partial charge in [0.25, 0.3) is 5.91 Å². The molecule has 8 nitrogen and oxygen atoms in total. The SMILES string of the molecule is CCOc1ccc(/C=C2\CCC[C@@H]3C2=NN(C(=O)c2cc4nc(-c5ccc(C(C)C)cc5)cc(C(F)(F)F)n4n2)[C@H]3c2ccc(OCC)cc2)cc1. The van der Waals surface area contributed by atoms with E-state index in [2.05, 4.69) is 16.2 Å². The first kappa shape index (κ1) is 35.0. The van der Waals surface area contributed by atoms with Gasteiger partial charge in [-0.3, -0.25) is 4.79 Å². The molecule has 3 heterocycles. The van der Waals surface area contributed by atoms with Crippen molar-refractivity contribution in [1.29, 1.82) is 0 Å². The molecule has 0 radical (unpaired) electrons. The Morgan fingerprint density at radius 1 is 0.923 bits per heavy atom. The topological polar surface area (TPSA) is 81.3 Å². The number of amides is 1. The van der Waals surface area contributed by atoms with Gasteiger partial charge in [-0.2, -0.15) is 23.4 Å². The second-order valence-corrected chi connectivity index (χ2v) is 13.4. The van der Waals surface area contributed by atoms with E-state index in [1.54, 1.807) is 12.1 Å². The number of aromatic nitrogens is 3. The molecule has 0 spiro atoms. The average Bonchev–Trinajstić information content (AvgIpc) is 3.75. The van der Waals surface area contributed by atoms with Crippen molar-refractivity contribution < 1.29 is 27.4 Å². The summed E-state index contributed by atoms with van der Waals surface area (Å²) < 4.78 is 55.5. The summed E-state index contributed by atoms with van der Waals surface area (Å²) in [7, 11) is 0. The fraction of sp³-hybridized carbons (Fsp3) is 0.317. The summed E-state index contributed by atoms with van der Waals surface area (Å²) in [4.78, 5) is 19.0. The van der Waals surface area contributed by atoms with Crippen molar-refractivity contribution in [2.24, 2.45) is 11.0 Å². The normalized spacial score (nSPS) is 18.2. The fourth-order valence-electron chi connectivity index (χ4n) is 7.04. The zero-order valence-corrected chi connectivity index (χ0v) is 29.5. The summed E-state index contributed by atoms with van der Waals surface area (Å²) in [5, 5.41) is 10.6. The minimum atomic E-state index is -4.76. The van der Waals surface area contributed by atoms with Crippen molar-refractivity contribution in [1.82, 2.24) is 19.6 Å². The van der Waals surface area contributed by atoms with Gasteiger partial charge in [0.1, 0.15) is 11.5 Å². The first-order valence-electron chi connectivity index (χ1n) is 17.7. The number of alkyl halides is 3. The lowest BCUT2D eigenvalue weighted by Gasteiger charge is -2.29. The average molecular weight is 708 g/mol. The molecule has 0 unspecified atom stereocenters. The van der Waals surface area contributed by atoms with Crippen LogP contribution in [0.25, 0.3) is 23.0 Å². The molecule has 2 aliphatic rings. The lowest BCUT2D eigenvalue weighted by atomic mass is 9.77. The molecule has 5 aromatic rings. The number of rotatable bonds is 9. The molecule has 11 heteroatoms. The van der Waals surface area contributed by atoms with E-state index in [1.807, 2.05) is 88.4 Å². The predicted molar refractivity (Wildman–Crippen MR) is 194 cm³/mol. The number of nitrogens with zero attached hydrogens (tertiary/aromatic N) is 5. The molecular formula is C41H40F3N5O3. The predicted octanol–water partition coefficient (Wildman–Crippen LogP) is 9.77. The summed E-state index contributed by atoms with van der Waals surface area (Å²) in [6, 6.07) is 24.5. The molecule has 0 bridgehead atoms. The van der Waals surface area contributed by atoms with E-state index >= 15 is 0 Å². The Morgan fingerprint density at radius 3 is 2.19 bits per heavy atom. The highest BCUT2D eigenvalue weighted by Gasteiger charge is 2.45. The zero-order valence-electron chi connectivity index (χ0n) is 29.5. The summed E-state index contributed by atoms with van der Waals surface area (Å²) in [6.07, 6.45) is -0.228. The molecular weight excluding hydrogens is 667 g/mol. The van der Waals surface area contributed by atoms with Gasteiger partial charge in [-0.15, -0.1) is 0 Å². The maximum absolute atomic E-state index is 14.5. The smallest absolute Gasteiger partial charge is 0.433 e. The van der Waals surface area contributed by atoms with Gasteiger partial charge in [-0.1, -0.05) is 62.4 Å². The summed E-state index contributed by atoms with van der Waals surface area (Å²) in [6.45, 7) is 9.02. The van der Waals surface area contributed by atoms with Crippen LogP contribution in [0.3, 0.4) is 0 Å². The molecule has 1 aliphatic heterocycles. The van der Waals surface area contributed by atoms with E-state index in [0.29, 0.717) is 29.0 Å². The molecule has 1 saturated carbocycles. The van der Waals surface area contributed by atoms with Gasteiger partial charge in [0.2, 0.25) is 0 Å². The number of ether oxygens (including phenoxy) is 2. The van der Waals surface area contributed by atoms with Crippen molar-refractivity contribution in [3.05, 3.63) is 119 Å². The van der Waals surface area contributed by atoms with Crippen LogP contribution in [0.4, 0.5) is 13.2 Å². The Labute approximate surface area is 300 Å². The van der Waals surface area contributed by atoms with Gasteiger partial charge in [0, 0.05) is 17.5 Å². The molecule has 1 aliphatic carbocycles. The number of hydrazone groups is 1. The Balaban J connectivity index is 1.30. The Kier molecular flexibility index (Phi) is 9.61. The van der Waals surface area contributed by atoms with E-state index in [0.717, 1.165) is 59.1 Å². The number of fused-ring (bicyclic) bond motifs is 2. The minimum Gasteiger partial charge on any atom is -0.494 e. The van der Waals surface area contributed by atoms with Crippen LogP contribution < -0.4 is 9.47 Å². The third-order valence-corrected chi connectivity index (χ3v) is 9.58. The molecule has 7 rings (SSSR count). The molecule has 1 amide bonds. The zero-order chi connectivity index (χ0) is 36.6. The van der Waals surface area contributed by atoms with Gasteiger partial charge >= 0.3 is 6.18 Å². The van der Waals surface area contributed by atoms with Crippen molar-refractivity contribution in [3.63, 3.8) is 0 Å². The van der Waals surface area contributed by atoms with E-state index in [9.17, 15) is 18.0 Å². The summed E-state index contributed by atoms with van der Waals surface area (Å²) >= 11 is 0.